The van der Waals surface area contributed by atoms with Crippen LogP contribution in [-0.4, -0.2) is 35.8 Å². The van der Waals surface area contributed by atoms with Crippen LogP contribution in [0.15, 0.2) is 24.5 Å². The monoisotopic (exact) mass is 236 g/mol. The van der Waals surface area contributed by atoms with Crippen molar-refractivity contribution in [1.82, 2.24) is 10.0 Å². The van der Waals surface area contributed by atoms with Gasteiger partial charge in [0.05, 0.1) is 13.2 Å². The molecule has 5 nitrogen and oxygen atoms in total. The molecule has 1 aromatic rings. The summed E-state index contributed by atoms with van der Waals surface area (Å²) in [6.45, 7) is 1.75. The van der Waals surface area contributed by atoms with Crippen molar-refractivity contribution in [2.75, 3.05) is 14.2 Å². The van der Waals surface area contributed by atoms with Crippen molar-refractivity contribution in [2.45, 2.75) is 25.0 Å². The lowest BCUT2D eigenvalue weighted by atomic mass is 9.94. The molecule has 1 aliphatic rings. The summed E-state index contributed by atoms with van der Waals surface area (Å²) >= 11 is 0. The van der Waals surface area contributed by atoms with Crippen molar-refractivity contribution in [2.24, 2.45) is 0 Å². The van der Waals surface area contributed by atoms with Gasteiger partial charge in [-0.25, -0.2) is 4.79 Å². The molecule has 0 aromatic carbocycles. The number of methoxy groups -OCH3 is 1. The minimum atomic E-state index is -0.905. The predicted molar refractivity (Wildman–Crippen MR) is 60.9 cm³/mol. The normalized spacial score (nSPS) is 29.2. The van der Waals surface area contributed by atoms with Gasteiger partial charge in [-0.3, -0.25) is 9.82 Å². The molecular formula is C12H16N2O3. The lowest BCUT2D eigenvalue weighted by Gasteiger charge is -2.20. The minimum absolute atomic E-state index is 0.0436. The third kappa shape index (κ3) is 2.16. The molecule has 0 spiro atoms. The van der Waals surface area contributed by atoms with Crippen molar-refractivity contribution in [3.8, 4) is 0 Å². The number of hydroxylamine groups is 2. The Morgan fingerprint density at radius 1 is 1.59 bits per heavy atom. The van der Waals surface area contributed by atoms with E-state index in [2.05, 4.69) is 4.98 Å². The van der Waals surface area contributed by atoms with E-state index in [0.29, 0.717) is 6.42 Å². The molecule has 0 amide bonds. The van der Waals surface area contributed by atoms with Crippen LogP contribution in [0.4, 0.5) is 0 Å². The first-order chi connectivity index (χ1) is 8.07. The first-order valence-electron chi connectivity index (χ1n) is 5.47. The van der Waals surface area contributed by atoms with Gasteiger partial charge in [0, 0.05) is 25.9 Å². The number of aromatic nitrogens is 1. The molecule has 2 atom stereocenters. The van der Waals surface area contributed by atoms with Gasteiger partial charge in [-0.05, 0) is 24.6 Å². The maximum atomic E-state index is 11.7. The van der Waals surface area contributed by atoms with Crippen molar-refractivity contribution in [1.29, 1.82) is 0 Å². The number of carbonyl (C=O) groups is 1. The van der Waals surface area contributed by atoms with Crippen LogP contribution in [0, 0.1) is 0 Å². The second kappa shape index (κ2) is 4.43. The summed E-state index contributed by atoms with van der Waals surface area (Å²) in [5.74, 6) is -0.346. The van der Waals surface area contributed by atoms with Gasteiger partial charge >= 0.3 is 5.97 Å². The molecule has 1 aromatic heterocycles. The number of hydrogen-bond donors (Lipinski definition) is 0. The molecule has 0 saturated carbocycles. The molecule has 17 heavy (non-hydrogen) atoms. The summed E-state index contributed by atoms with van der Waals surface area (Å²) in [7, 11) is 3.19. The van der Waals surface area contributed by atoms with Gasteiger partial charge in [0.1, 0.15) is 0 Å². The second-order valence-corrected chi connectivity index (χ2v) is 4.36. The van der Waals surface area contributed by atoms with Crippen molar-refractivity contribution < 1.29 is 14.4 Å². The summed E-state index contributed by atoms with van der Waals surface area (Å²) in [5.41, 5.74) is 0.174. The van der Waals surface area contributed by atoms with Crippen LogP contribution in [0.5, 0.6) is 0 Å². The molecule has 1 aliphatic heterocycles. The second-order valence-electron chi connectivity index (χ2n) is 4.36. The van der Waals surface area contributed by atoms with Gasteiger partial charge in [0.25, 0.3) is 0 Å². The van der Waals surface area contributed by atoms with Gasteiger partial charge in [-0.2, -0.15) is 5.06 Å². The number of esters is 1. The van der Waals surface area contributed by atoms with Crippen LogP contribution >= 0.6 is 0 Å². The summed E-state index contributed by atoms with van der Waals surface area (Å²) in [6, 6.07) is 3.89. The van der Waals surface area contributed by atoms with E-state index >= 15 is 0 Å². The van der Waals surface area contributed by atoms with Gasteiger partial charge in [0.15, 0.2) is 5.60 Å². The highest BCUT2D eigenvalue weighted by Crippen LogP contribution is 2.39. The highest BCUT2D eigenvalue weighted by molar-refractivity contribution is 5.79. The van der Waals surface area contributed by atoms with E-state index in [0.717, 1.165) is 5.56 Å². The fourth-order valence-corrected chi connectivity index (χ4v) is 2.17. The fraction of sp³-hybridized carbons (Fsp3) is 0.500. The summed E-state index contributed by atoms with van der Waals surface area (Å²) in [4.78, 5) is 21.3. The zero-order valence-corrected chi connectivity index (χ0v) is 10.2. The molecule has 1 saturated heterocycles. The first kappa shape index (κ1) is 12.0. The third-order valence-electron chi connectivity index (χ3n) is 3.08. The standard InChI is InChI=1S/C12H16N2O3/c1-12(11(15)16-3)8-10(14(2)17-12)9-4-6-13-7-5-9/h4-7,10H,8H2,1-3H3/t10-,12-/m0/s1. The molecule has 0 radical (unpaired) electrons. The maximum absolute atomic E-state index is 11.7. The van der Waals surface area contributed by atoms with Gasteiger partial charge < -0.3 is 4.74 Å². The summed E-state index contributed by atoms with van der Waals surface area (Å²) in [6.07, 6.45) is 4.04. The highest BCUT2D eigenvalue weighted by atomic mass is 16.7. The SMILES string of the molecule is COC(=O)[C@]1(C)C[C@@H](c2ccncc2)N(C)O1. The largest absolute Gasteiger partial charge is 0.467 e. The average molecular weight is 236 g/mol. The number of rotatable bonds is 2. The zero-order chi connectivity index (χ0) is 12.5. The van der Waals surface area contributed by atoms with E-state index in [1.165, 1.54) is 7.11 Å². The maximum Gasteiger partial charge on any atom is 0.340 e. The number of pyridine rings is 1. The first-order valence-corrected chi connectivity index (χ1v) is 5.47. The third-order valence-corrected chi connectivity index (χ3v) is 3.08. The number of ether oxygens (including phenoxy) is 1. The Balaban J connectivity index is 2.21. The van der Waals surface area contributed by atoms with Crippen LogP contribution < -0.4 is 0 Å². The zero-order valence-electron chi connectivity index (χ0n) is 10.2. The molecule has 0 unspecified atom stereocenters. The molecule has 0 N–H and O–H groups in total. The Morgan fingerprint density at radius 2 is 2.24 bits per heavy atom. The summed E-state index contributed by atoms with van der Waals surface area (Å²) in [5, 5.41) is 1.70. The average Bonchev–Trinajstić information content (AvgIpc) is 2.66. The smallest absolute Gasteiger partial charge is 0.340 e. The van der Waals surface area contributed by atoms with E-state index in [1.54, 1.807) is 24.4 Å². The van der Waals surface area contributed by atoms with Crippen LogP contribution in [0.25, 0.3) is 0 Å². The van der Waals surface area contributed by atoms with Gasteiger partial charge in [-0.1, -0.05) is 0 Å². The molecule has 2 heterocycles. The lowest BCUT2D eigenvalue weighted by molar-refractivity contribution is -0.205. The van der Waals surface area contributed by atoms with E-state index in [-0.39, 0.29) is 12.0 Å². The van der Waals surface area contributed by atoms with Crippen molar-refractivity contribution in [3.63, 3.8) is 0 Å². The summed E-state index contributed by atoms with van der Waals surface area (Å²) < 4.78 is 4.77. The highest BCUT2D eigenvalue weighted by Gasteiger charge is 2.47. The molecule has 2 rings (SSSR count). The number of carbonyl (C=O) groups excluding carboxylic acids is 1. The van der Waals surface area contributed by atoms with E-state index < -0.39 is 5.60 Å². The Labute approximate surface area is 100 Å². The number of hydrogen-bond acceptors (Lipinski definition) is 5. The molecule has 5 heteroatoms. The van der Waals surface area contributed by atoms with Crippen LogP contribution in [0.3, 0.4) is 0 Å². The molecule has 0 bridgehead atoms. The van der Waals surface area contributed by atoms with Crippen molar-refractivity contribution >= 4 is 5.97 Å². The Kier molecular flexibility index (Phi) is 3.13. The van der Waals surface area contributed by atoms with Gasteiger partial charge in [-0.15, -0.1) is 0 Å². The van der Waals surface area contributed by atoms with Crippen LogP contribution in [0.1, 0.15) is 24.9 Å². The molecule has 92 valence electrons. The topological polar surface area (TPSA) is 51.7 Å². The van der Waals surface area contributed by atoms with E-state index in [4.69, 9.17) is 9.57 Å². The van der Waals surface area contributed by atoms with Crippen LogP contribution in [0.2, 0.25) is 0 Å². The van der Waals surface area contributed by atoms with Gasteiger partial charge in [0.2, 0.25) is 0 Å². The fourth-order valence-electron chi connectivity index (χ4n) is 2.17. The molecular weight excluding hydrogens is 220 g/mol. The Morgan fingerprint density at radius 3 is 2.82 bits per heavy atom. The number of nitrogens with zero attached hydrogens (tertiary/aromatic N) is 2. The molecule has 1 fully saturated rings. The Bertz CT molecular complexity index is 409. The van der Waals surface area contributed by atoms with Crippen LogP contribution in [-0.2, 0) is 14.4 Å². The molecule has 0 aliphatic carbocycles. The van der Waals surface area contributed by atoms with E-state index in [1.807, 2.05) is 19.2 Å². The Hall–Kier alpha value is -1.46. The quantitative estimate of drug-likeness (QED) is 0.725. The van der Waals surface area contributed by atoms with Crippen molar-refractivity contribution in [3.05, 3.63) is 30.1 Å². The minimum Gasteiger partial charge on any atom is -0.467 e. The van der Waals surface area contributed by atoms with E-state index in [9.17, 15) is 4.79 Å². The lowest BCUT2D eigenvalue weighted by Crippen LogP contribution is -2.36. The predicted octanol–water partition coefficient (Wildman–Crippen LogP) is 1.32.